The minimum absolute atomic E-state index is 0.167. The molecule has 0 atom stereocenters. The van der Waals surface area contributed by atoms with Crippen LogP contribution in [-0.4, -0.2) is 17.7 Å². The normalized spacial score (nSPS) is 10.6. The van der Waals surface area contributed by atoms with Gasteiger partial charge in [-0.1, -0.05) is 11.6 Å². The van der Waals surface area contributed by atoms with E-state index >= 15 is 0 Å². The zero-order valence-corrected chi connectivity index (χ0v) is 10.2. The van der Waals surface area contributed by atoms with E-state index in [-0.39, 0.29) is 10.8 Å². The van der Waals surface area contributed by atoms with Crippen LogP contribution in [0.5, 0.6) is 5.75 Å². The molecule has 0 fully saturated rings. The van der Waals surface area contributed by atoms with Crippen LogP contribution in [0.25, 0.3) is 11.0 Å². The SMILES string of the molecule is Cc1cc(=O)oc2cc(OCC(=O)O)c(Cl)cc12. The summed E-state index contributed by atoms with van der Waals surface area (Å²) in [6.07, 6.45) is 0. The molecule has 0 unspecified atom stereocenters. The fourth-order valence-corrected chi connectivity index (χ4v) is 1.79. The number of rotatable bonds is 3. The van der Waals surface area contributed by atoms with Crippen molar-refractivity contribution in [2.24, 2.45) is 0 Å². The second-order valence-electron chi connectivity index (χ2n) is 3.71. The first kappa shape index (κ1) is 12.4. The monoisotopic (exact) mass is 268 g/mol. The van der Waals surface area contributed by atoms with E-state index in [0.29, 0.717) is 11.0 Å². The predicted molar refractivity (Wildman–Crippen MR) is 65.4 cm³/mol. The van der Waals surface area contributed by atoms with Crippen molar-refractivity contribution in [2.45, 2.75) is 6.92 Å². The molecule has 1 heterocycles. The lowest BCUT2D eigenvalue weighted by Gasteiger charge is -2.07. The minimum Gasteiger partial charge on any atom is -0.480 e. The first-order chi connectivity index (χ1) is 8.47. The number of carboxylic acids is 1. The number of fused-ring (bicyclic) bond motifs is 1. The second-order valence-corrected chi connectivity index (χ2v) is 4.12. The number of ether oxygens (including phenoxy) is 1. The highest BCUT2D eigenvalue weighted by molar-refractivity contribution is 6.32. The Morgan fingerprint density at radius 3 is 2.83 bits per heavy atom. The van der Waals surface area contributed by atoms with Gasteiger partial charge in [-0.05, 0) is 18.6 Å². The van der Waals surface area contributed by atoms with E-state index in [1.54, 1.807) is 13.0 Å². The Bertz CT molecular complexity index is 674. The van der Waals surface area contributed by atoms with Crippen LogP contribution in [0.2, 0.25) is 5.02 Å². The van der Waals surface area contributed by atoms with Crippen molar-refractivity contribution in [1.29, 1.82) is 0 Å². The van der Waals surface area contributed by atoms with E-state index in [2.05, 4.69) is 0 Å². The maximum atomic E-state index is 11.2. The lowest BCUT2D eigenvalue weighted by atomic mass is 10.1. The van der Waals surface area contributed by atoms with E-state index in [0.717, 1.165) is 5.56 Å². The molecular formula is C12H9ClO5. The molecule has 1 aromatic heterocycles. The van der Waals surface area contributed by atoms with Crippen molar-refractivity contribution in [1.82, 2.24) is 0 Å². The van der Waals surface area contributed by atoms with Crippen molar-refractivity contribution >= 4 is 28.5 Å². The second kappa shape index (κ2) is 4.70. The van der Waals surface area contributed by atoms with E-state index in [1.165, 1.54) is 12.1 Å². The highest BCUT2D eigenvalue weighted by Crippen LogP contribution is 2.30. The summed E-state index contributed by atoms with van der Waals surface area (Å²) in [5, 5.41) is 9.47. The van der Waals surface area contributed by atoms with Crippen LogP contribution < -0.4 is 10.4 Å². The molecule has 0 aliphatic heterocycles. The Labute approximate surface area is 107 Å². The summed E-state index contributed by atoms with van der Waals surface area (Å²) in [7, 11) is 0. The largest absolute Gasteiger partial charge is 0.480 e. The topological polar surface area (TPSA) is 76.7 Å². The fourth-order valence-electron chi connectivity index (χ4n) is 1.57. The lowest BCUT2D eigenvalue weighted by Crippen LogP contribution is -2.09. The Balaban J connectivity index is 2.53. The zero-order chi connectivity index (χ0) is 13.3. The van der Waals surface area contributed by atoms with E-state index in [1.807, 2.05) is 0 Å². The van der Waals surface area contributed by atoms with E-state index < -0.39 is 18.2 Å². The maximum Gasteiger partial charge on any atom is 0.341 e. The molecule has 0 bridgehead atoms. The van der Waals surface area contributed by atoms with Crippen molar-refractivity contribution in [3.05, 3.63) is 39.2 Å². The van der Waals surface area contributed by atoms with Gasteiger partial charge in [-0.15, -0.1) is 0 Å². The van der Waals surface area contributed by atoms with Gasteiger partial charge in [0.25, 0.3) is 0 Å². The van der Waals surface area contributed by atoms with Gasteiger partial charge in [-0.2, -0.15) is 0 Å². The summed E-state index contributed by atoms with van der Waals surface area (Å²) < 4.78 is 10.00. The van der Waals surface area contributed by atoms with Crippen LogP contribution in [0.15, 0.2) is 27.4 Å². The summed E-state index contributed by atoms with van der Waals surface area (Å²) in [4.78, 5) is 21.6. The molecule has 2 aromatic rings. The van der Waals surface area contributed by atoms with Gasteiger partial charge in [0.2, 0.25) is 0 Å². The number of aryl methyl sites for hydroxylation is 1. The highest BCUT2D eigenvalue weighted by atomic mass is 35.5. The Kier molecular flexibility index (Phi) is 3.25. The van der Waals surface area contributed by atoms with Gasteiger partial charge < -0.3 is 14.3 Å². The molecule has 0 radical (unpaired) electrons. The predicted octanol–water partition coefficient (Wildman–Crippen LogP) is 2.22. The average Bonchev–Trinajstić information content (AvgIpc) is 2.27. The number of carboxylic acid groups (broad SMARTS) is 1. The number of aliphatic carboxylic acids is 1. The van der Waals surface area contributed by atoms with Gasteiger partial charge in [0, 0.05) is 17.5 Å². The van der Waals surface area contributed by atoms with Gasteiger partial charge >= 0.3 is 11.6 Å². The summed E-state index contributed by atoms with van der Waals surface area (Å²) in [6, 6.07) is 4.35. The Morgan fingerprint density at radius 1 is 1.44 bits per heavy atom. The standard InChI is InChI=1S/C12H9ClO5/c1-6-2-12(16)18-9-4-10(17-5-11(14)15)8(13)3-7(6)9/h2-4H,5H2,1H3,(H,14,15). The van der Waals surface area contributed by atoms with Gasteiger partial charge in [0.05, 0.1) is 5.02 Å². The average molecular weight is 269 g/mol. The number of hydrogen-bond donors (Lipinski definition) is 1. The van der Waals surface area contributed by atoms with Gasteiger partial charge in [-0.3, -0.25) is 0 Å². The van der Waals surface area contributed by atoms with Gasteiger partial charge in [0.15, 0.2) is 6.61 Å². The summed E-state index contributed by atoms with van der Waals surface area (Å²) in [5.41, 5.74) is 0.559. The first-order valence-corrected chi connectivity index (χ1v) is 5.44. The molecule has 0 saturated carbocycles. The molecule has 5 nitrogen and oxygen atoms in total. The number of carbonyl (C=O) groups is 1. The molecule has 1 N–H and O–H groups in total. The number of benzene rings is 1. The molecular weight excluding hydrogens is 260 g/mol. The van der Waals surface area contributed by atoms with Gasteiger partial charge in [0.1, 0.15) is 11.3 Å². The number of halogens is 1. The third-order valence-corrected chi connectivity index (χ3v) is 2.65. The molecule has 2 rings (SSSR count). The number of hydrogen-bond acceptors (Lipinski definition) is 4. The van der Waals surface area contributed by atoms with Crippen molar-refractivity contribution in [2.75, 3.05) is 6.61 Å². The molecule has 94 valence electrons. The molecule has 1 aromatic carbocycles. The third-order valence-electron chi connectivity index (χ3n) is 2.35. The van der Waals surface area contributed by atoms with E-state index in [9.17, 15) is 9.59 Å². The highest BCUT2D eigenvalue weighted by Gasteiger charge is 2.10. The van der Waals surface area contributed by atoms with Gasteiger partial charge in [-0.25, -0.2) is 9.59 Å². The van der Waals surface area contributed by atoms with E-state index in [4.69, 9.17) is 25.9 Å². The quantitative estimate of drug-likeness (QED) is 0.864. The molecule has 0 amide bonds. The van der Waals surface area contributed by atoms with Crippen molar-refractivity contribution < 1.29 is 19.1 Å². The first-order valence-electron chi connectivity index (χ1n) is 5.06. The van der Waals surface area contributed by atoms with Crippen LogP contribution in [0, 0.1) is 6.92 Å². The zero-order valence-electron chi connectivity index (χ0n) is 9.40. The molecule has 6 heteroatoms. The summed E-state index contributed by atoms with van der Waals surface area (Å²) >= 11 is 5.96. The molecule has 0 aliphatic rings. The molecule has 0 aliphatic carbocycles. The van der Waals surface area contributed by atoms with Crippen molar-refractivity contribution in [3.8, 4) is 5.75 Å². The van der Waals surface area contributed by atoms with Crippen LogP contribution in [0.3, 0.4) is 0 Å². The summed E-state index contributed by atoms with van der Waals surface area (Å²) in [6.45, 7) is 1.24. The van der Waals surface area contributed by atoms with Crippen LogP contribution in [0.4, 0.5) is 0 Å². The van der Waals surface area contributed by atoms with Crippen LogP contribution in [-0.2, 0) is 4.79 Å². The molecule has 0 saturated heterocycles. The maximum absolute atomic E-state index is 11.2. The summed E-state index contributed by atoms with van der Waals surface area (Å²) in [5.74, 6) is -0.947. The third kappa shape index (κ3) is 2.46. The fraction of sp³-hybridized carbons (Fsp3) is 0.167. The van der Waals surface area contributed by atoms with Crippen LogP contribution in [0.1, 0.15) is 5.56 Å². The van der Waals surface area contributed by atoms with Crippen molar-refractivity contribution in [3.63, 3.8) is 0 Å². The smallest absolute Gasteiger partial charge is 0.341 e. The Morgan fingerprint density at radius 2 is 2.17 bits per heavy atom. The minimum atomic E-state index is -1.11. The molecule has 18 heavy (non-hydrogen) atoms. The lowest BCUT2D eigenvalue weighted by molar-refractivity contribution is -0.139. The molecule has 0 spiro atoms. The Hall–Kier alpha value is -2.01. The van der Waals surface area contributed by atoms with Crippen LogP contribution >= 0.6 is 11.6 Å².